The lowest BCUT2D eigenvalue weighted by molar-refractivity contribution is -0.144. The Balaban J connectivity index is 1.81. The Morgan fingerprint density at radius 3 is 2.35 bits per heavy atom. The number of hydrogen-bond donors (Lipinski definition) is 0. The monoisotopic (exact) mass is 352 g/mol. The van der Waals surface area contributed by atoms with Gasteiger partial charge in [0.15, 0.2) is 19.0 Å². The van der Waals surface area contributed by atoms with Crippen LogP contribution < -0.4 is 4.74 Å². The molecule has 0 N–H and O–H groups in total. The van der Waals surface area contributed by atoms with Crippen LogP contribution in [0.2, 0.25) is 10.0 Å². The SMILES string of the molecule is Cc1ccc(C(=O)COC(=O)COc2ccc(Cl)cc2Cl)cc1. The number of ketones is 1. The van der Waals surface area contributed by atoms with Crippen LogP contribution in [0.5, 0.6) is 5.75 Å². The molecule has 0 amide bonds. The third-order valence-corrected chi connectivity index (χ3v) is 3.51. The van der Waals surface area contributed by atoms with Crippen LogP contribution in [0.15, 0.2) is 42.5 Å². The Hall–Kier alpha value is -2.04. The van der Waals surface area contributed by atoms with E-state index in [-0.39, 0.29) is 19.0 Å². The fourth-order valence-corrected chi connectivity index (χ4v) is 2.20. The Bertz CT molecular complexity index is 711. The zero-order valence-corrected chi connectivity index (χ0v) is 13.9. The molecule has 0 fully saturated rings. The molecule has 0 heterocycles. The zero-order chi connectivity index (χ0) is 16.8. The molecule has 0 aromatic heterocycles. The van der Waals surface area contributed by atoms with Gasteiger partial charge in [-0.15, -0.1) is 0 Å². The Kier molecular flexibility index (Phi) is 6.02. The van der Waals surface area contributed by atoms with E-state index in [1.165, 1.54) is 6.07 Å². The van der Waals surface area contributed by atoms with Crippen LogP contribution in [-0.2, 0) is 9.53 Å². The molecule has 23 heavy (non-hydrogen) atoms. The van der Waals surface area contributed by atoms with Crippen molar-refractivity contribution in [2.75, 3.05) is 13.2 Å². The topological polar surface area (TPSA) is 52.6 Å². The van der Waals surface area contributed by atoms with E-state index in [0.717, 1.165) is 5.56 Å². The molecule has 0 radical (unpaired) electrons. The molecule has 2 aromatic carbocycles. The molecule has 0 aliphatic carbocycles. The number of halogens is 2. The summed E-state index contributed by atoms with van der Waals surface area (Å²) in [5.41, 5.74) is 1.54. The van der Waals surface area contributed by atoms with Crippen molar-refractivity contribution in [3.05, 3.63) is 63.6 Å². The first-order valence-electron chi connectivity index (χ1n) is 6.79. The molecule has 0 aliphatic rings. The third kappa shape index (κ3) is 5.27. The van der Waals surface area contributed by atoms with Gasteiger partial charge in [0.2, 0.25) is 0 Å². The number of hydrogen-bond acceptors (Lipinski definition) is 4. The van der Waals surface area contributed by atoms with Gasteiger partial charge < -0.3 is 9.47 Å². The summed E-state index contributed by atoms with van der Waals surface area (Å²) in [6.45, 7) is 1.25. The van der Waals surface area contributed by atoms with Crippen LogP contribution >= 0.6 is 23.2 Å². The van der Waals surface area contributed by atoms with Gasteiger partial charge in [-0.3, -0.25) is 4.79 Å². The summed E-state index contributed by atoms with van der Waals surface area (Å²) in [6, 6.07) is 11.7. The zero-order valence-electron chi connectivity index (χ0n) is 12.3. The van der Waals surface area contributed by atoms with Crippen molar-refractivity contribution in [1.29, 1.82) is 0 Å². The molecule has 0 spiro atoms. The van der Waals surface area contributed by atoms with Crippen molar-refractivity contribution >= 4 is 35.0 Å². The number of benzene rings is 2. The summed E-state index contributed by atoms with van der Waals surface area (Å²) < 4.78 is 10.1. The molecule has 2 aromatic rings. The average Bonchev–Trinajstić information content (AvgIpc) is 2.52. The number of Topliss-reactive ketones (excluding diaryl/α,β-unsaturated/α-hetero) is 1. The standard InChI is InChI=1S/C17H14Cl2O4/c1-11-2-4-12(5-3-11)15(20)9-23-17(21)10-22-16-7-6-13(18)8-14(16)19/h2-8H,9-10H2,1H3. The van der Waals surface area contributed by atoms with E-state index in [2.05, 4.69) is 0 Å². The molecule has 4 nitrogen and oxygen atoms in total. The molecule has 0 unspecified atom stereocenters. The normalized spacial score (nSPS) is 10.2. The molecular weight excluding hydrogens is 339 g/mol. The maximum atomic E-state index is 11.9. The fraction of sp³-hybridized carbons (Fsp3) is 0.176. The van der Waals surface area contributed by atoms with Crippen LogP contribution in [0, 0.1) is 6.92 Å². The molecule has 0 saturated heterocycles. The fourth-order valence-electron chi connectivity index (χ4n) is 1.74. The van der Waals surface area contributed by atoms with E-state index >= 15 is 0 Å². The van der Waals surface area contributed by atoms with E-state index in [4.69, 9.17) is 32.7 Å². The van der Waals surface area contributed by atoms with E-state index < -0.39 is 5.97 Å². The highest BCUT2D eigenvalue weighted by atomic mass is 35.5. The number of esters is 1. The quantitative estimate of drug-likeness (QED) is 0.579. The number of carbonyl (C=O) groups excluding carboxylic acids is 2. The van der Waals surface area contributed by atoms with Crippen LogP contribution in [0.25, 0.3) is 0 Å². The largest absolute Gasteiger partial charge is 0.480 e. The summed E-state index contributed by atoms with van der Waals surface area (Å²) in [6.07, 6.45) is 0. The van der Waals surface area contributed by atoms with Gasteiger partial charge in [0, 0.05) is 10.6 Å². The average molecular weight is 353 g/mol. The summed E-state index contributed by atoms with van der Waals surface area (Å²) in [7, 11) is 0. The number of carbonyl (C=O) groups is 2. The molecule has 6 heteroatoms. The van der Waals surface area contributed by atoms with E-state index in [9.17, 15) is 9.59 Å². The van der Waals surface area contributed by atoms with Gasteiger partial charge in [0.05, 0.1) is 5.02 Å². The van der Waals surface area contributed by atoms with Gasteiger partial charge in [-0.05, 0) is 25.1 Å². The van der Waals surface area contributed by atoms with E-state index in [0.29, 0.717) is 21.4 Å². The van der Waals surface area contributed by atoms with Crippen LogP contribution in [0.4, 0.5) is 0 Å². The number of ether oxygens (including phenoxy) is 2. The first-order chi connectivity index (χ1) is 11.0. The highest BCUT2D eigenvalue weighted by molar-refractivity contribution is 6.35. The maximum Gasteiger partial charge on any atom is 0.344 e. The van der Waals surface area contributed by atoms with Crippen molar-refractivity contribution in [2.45, 2.75) is 6.92 Å². The number of rotatable bonds is 6. The maximum absolute atomic E-state index is 11.9. The van der Waals surface area contributed by atoms with Crippen LogP contribution in [0.3, 0.4) is 0 Å². The minimum absolute atomic E-state index is 0.275. The highest BCUT2D eigenvalue weighted by Crippen LogP contribution is 2.27. The second kappa shape index (κ2) is 7.99. The summed E-state index contributed by atoms with van der Waals surface area (Å²) >= 11 is 11.7. The van der Waals surface area contributed by atoms with Crippen molar-refractivity contribution in [3.8, 4) is 5.75 Å². The van der Waals surface area contributed by atoms with Gasteiger partial charge in [-0.25, -0.2) is 4.79 Å². The smallest absolute Gasteiger partial charge is 0.344 e. The second-order valence-electron chi connectivity index (χ2n) is 4.81. The molecule has 0 saturated carbocycles. The highest BCUT2D eigenvalue weighted by Gasteiger charge is 2.11. The van der Waals surface area contributed by atoms with Gasteiger partial charge in [-0.2, -0.15) is 0 Å². The third-order valence-electron chi connectivity index (χ3n) is 2.98. The Labute approximate surface area is 143 Å². The van der Waals surface area contributed by atoms with Gasteiger partial charge in [0.25, 0.3) is 0 Å². The van der Waals surface area contributed by atoms with Gasteiger partial charge >= 0.3 is 5.97 Å². The molecular formula is C17H14Cl2O4. The number of aryl methyl sites for hydroxylation is 1. The van der Waals surface area contributed by atoms with Crippen molar-refractivity contribution < 1.29 is 19.1 Å². The van der Waals surface area contributed by atoms with Crippen molar-refractivity contribution in [2.24, 2.45) is 0 Å². The molecule has 0 bridgehead atoms. The first-order valence-corrected chi connectivity index (χ1v) is 7.54. The van der Waals surface area contributed by atoms with Crippen molar-refractivity contribution in [3.63, 3.8) is 0 Å². The summed E-state index contributed by atoms with van der Waals surface area (Å²) in [5.74, 6) is -0.614. The Morgan fingerprint density at radius 1 is 1.00 bits per heavy atom. The lowest BCUT2D eigenvalue weighted by Crippen LogP contribution is -2.19. The first kappa shape index (κ1) is 17.3. The molecule has 2 rings (SSSR count). The van der Waals surface area contributed by atoms with Crippen molar-refractivity contribution in [1.82, 2.24) is 0 Å². The van der Waals surface area contributed by atoms with E-state index in [1.807, 2.05) is 19.1 Å². The summed E-state index contributed by atoms with van der Waals surface area (Å²) in [4.78, 5) is 23.5. The predicted octanol–water partition coefficient (Wildman–Crippen LogP) is 4.11. The molecule has 120 valence electrons. The summed E-state index contributed by atoms with van der Waals surface area (Å²) in [5, 5.41) is 0.759. The Morgan fingerprint density at radius 2 is 1.70 bits per heavy atom. The van der Waals surface area contributed by atoms with Crippen LogP contribution in [-0.4, -0.2) is 25.0 Å². The second-order valence-corrected chi connectivity index (χ2v) is 5.66. The molecule has 0 atom stereocenters. The lowest BCUT2D eigenvalue weighted by atomic mass is 10.1. The molecule has 0 aliphatic heterocycles. The minimum Gasteiger partial charge on any atom is -0.480 e. The van der Waals surface area contributed by atoms with E-state index in [1.54, 1.807) is 24.3 Å². The van der Waals surface area contributed by atoms with Gasteiger partial charge in [0.1, 0.15) is 5.75 Å². The lowest BCUT2D eigenvalue weighted by Gasteiger charge is -2.08. The minimum atomic E-state index is -0.656. The predicted molar refractivity (Wildman–Crippen MR) is 88.4 cm³/mol. The van der Waals surface area contributed by atoms with Gasteiger partial charge in [-0.1, -0.05) is 53.0 Å². The van der Waals surface area contributed by atoms with Crippen LogP contribution in [0.1, 0.15) is 15.9 Å².